The number of carbonyl (C=O) groups is 1. The first kappa shape index (κ1) is 30.9. The number of Topliss-reactive ketones (excluding diaryl/α,β-unsaturated/α-hetero) is 1. The molecule has 0 aromatic heterocycles. The number of rotatable bonds is 9. The molecule has 14 heteroatoms. The molecule has 0 aliphatic carbocycles. The second-order valence-corrected chi connectivity index (χ2v) is 10.0. The van der Waals surface area contributed by atoms with Crippen molar-refractivity contribution in [2.75, 3.05) is 6.61 Å². The minimum Gasteiger partial charge on any atom is -0.508 e. The molecule has 2 heterocycles. The number of ether oxygens (including phenoxy) is 4. The Balaban J connectivity index is 1.52. The summed E-state index contributed by atoms with van der Waals surface area (Å²) in [5, 5.41) is 91.5. The van der Waals surface area contributed by atoms with Crippen LogP contribution in [0.4, 0.5) is 0 Å². The van der Waals surface area contributed by atoms with Crippen LogP contribution in [0.5, 0.6) is 23.0 Å². The van der Waals surface area contributed by atoms with Crippen LogP contribution in [0.15, 0.2) is 36.4 Å². The summed E-state index contributed by atoms with van der Waals surface area (Å²) in [6.07, 6.45) is -15.3. The van der Waals surface area contributed by atoms with Crippen LogP contribution in [-0.4, -0.2) is 120 Å². The van der Waals surface area contributed by atoms with Crippen molar-refractivity contribution in [3.05, 3.63) is 47.5 Å². The van der Waals surface area contributed by atoms with Crippen molar-refractivity contribution in [1.82, 2.24) is 0 Å². The van der Waals surface area contributed by atoms with Gasteiger partial charge in [0.1, 0.15) is 65.2 Å². The fourth-order valence-corrected chi connectivity index (χ4v) is 4.70. The van der Waals surface area contributed by atoms with E-state index in [0.717, 1.165) is 17.7 Å². The van der Waals surface area contributed by atoms with Gasteiger partial charge in [-0.05, 0) is 31.0 Å². The monoisotopic (exact) mass is 582 g/mol. The lowest BCUT2D eigenvalue weighted by Crippen LogP contribution is -2.64. The molecule has 2 saturated heterocycles. The van der Waals surface area contributed by atoms with Gasteiger partial charge < -0.3 is 64.9 Å². The number of aryl methyl sites for hydroxylation is 1. The highest BCUT2D eigenvalue weighted by molar-refractivity contribution is 6.01. The fourth-order valence-electron chi connectivity index (χ4n) is 4.70. The highest BCUT2D eigenvalue weighted by atomic mass is 16.8. The largest absolute Gasteiger partial charge is 0.508 e. The molecule has 0 spiro atoms. The molecule has 41 heavy (non-hydrogen) atoms. The summed E-state index contributed by atoms with van der Waals surface area (Å²) in [6, 6.07) is 8.22. The average Bonchev–Trinajstić information content (AvgIpc) is 2.93. The van der Waals surface area contributed by atoms with Crippen LogP contribution in [0.1, 0.15) is 29.3 Å². The molecule has 0 unspecified atom stereocenters. The van der Waals surface area contributed by atoms with Gasteiger partial charge in [-0.1, -0.05) is 12.1 Å². The number of aliphatic hydroxyl groups is 6. The Morgan fingerprint density at radius 2 is 1.46 bits per heavy atom. The maximum absolute atomic E-state index is 12.7. The molecule has 2 aliphatic rings. The molecule has 2 fully saturated rings. The molecule has 0 bridgehead atoms. The summed E-state index contributed by atoms with van der Waals surface area (Å²) < 4.78 is 22.2. The van der Waals surface area contributed by atoms with E-state index in [1.165, 1.54) is 19.1 Å². The van der Waals surface area contributed by atoms with E-state index in [9.17, 15) is 50.8 Å². The molecule has 2 aliphatic heterocycles. The van der Waals surface area contributed by atoms with E-state index >= 15 is 0 Å². The molecule has 14 nitrogen and oxygen atoms in total. The lowest BCUT2D eigenvalue weighted by Gasteiger charge is -2.45. The number of ketones is 1. The predicted octanol–water partition coefficient (Wildman–Crippen LogP) is -1.35. The van der Waals surface area contributed by atoms with Crippen molar-refractivity contribution in [3.63, 3.8) is 0 Å². The topological polar surface area (TPSA) is 236 Å². The number of phenols is 3. The van der Waals surface area contributed by atoms with Gasteiger partial charge in [-0.25, -0.2) is 0 Å². The maximum Gasteiger partial charge on any atom is 0.229 e. The van der Waals surface area contributed by atoms with Gasteiger partial charge in [0.25, 0.3) is 0 Å². The zero-order valence-corrected chi connectivity index (χ0v) is 21.9. The summed E-state index contributed by atoms with van der Waals surface area (Å²) in [6.45, 7) is 0.675. The maximum atomic E-state index is 12.7. The van der Waals surface area contributed by atoms with Crippen LogP contribution in [0.2, 0.25) is 0 Å². The number of hydrogen-bond donors (Lipinski definition) is 9. The van der Waals surface area contributed by atoms with E-state index in [0.29, 0.717) is 0 Å². The van der Waals surface area contributed by atoms with Crippen LogP contribution < -0.4 is 4.74 Å². The highest BCUT2D eigenvalue weighted by Gasteiger charge is 2.51. The van der Waals surface area contributed by atoms with Crippen molar-refractivity contribution in [3.8, 4) is 23.0 Å². The Kier molecular flexibility index (Phi) is 9.69. The van der Waals surface area contributed by atoms with Gasteiger partial charge in [0.15, 0.2) is 18.2 Å². The summed E-state index contributed by atoms with van der Waals surface area (Å²) in [4.78, 5) is 12.7. The average molecular weight is 583 g/mol. The fraction of sp³-hybridized carbons (Fsp3) is 0.519. The number of aromatic hydroxyl groups is 3. The van der Waals surface area contributed by atoms with Crippen molar-refractivity contribution < 1.29 is 69.7 Å². The zero-order chi connectivity index (χ0) is 30.0. The first-order valence-corrected chi connectivity index (χ1v) is 12.9. The molecule has 0 amide bonds. The number of hydrogen-bond acceptors (Lipinski definition) is 14. The minimum atomic E-state index is -1.77. The van der Waals surface area contributed by atoms with E-state index in [2.05, 4.69) is 0 Å². The molecular formula is C27H34O14. The summed E-state index contributed by atoms with van der Waals surface area (Å²) in [5.41, 5.74) is 0.385. The Labute approximate surface area is 234 Å². The first-order chi connectivity index (χ1) is 19.4. The number of aliphatic hydroxyl groups excluding tert-OH is 6. The van der Waals surface area contributed by atoms with E-state index in [1.807, 2.05) is 0 Å². The summed E-state index contributed by atoms with van der Waals surface area (Å²) in [7, 11) is 0. The van der Waals surface area contributed by atoms with Crippen molar-refractivity contribution >= 4 is 5.78 Å². The molecule has 10 atom stereocenters. The molecule has 4 rings (SSSR count). The molecule has 9 N–H and O–H groups in total. The quantitative estimate of drug-likeness (QED) is 0.156. The Morgan fingerprint density at radius 1 is 0.829 bits per heavy atom. The standard InChI is InChI=1S/C27H34O14/c1-11-20(33)22(35)24(37)26(38-11)41-25-23(36)21(34)18(10-28)40-27(25)39-14-8-16(31)19(17(32)9-14)15(30)7-4-12-2-5-13(29)6-3-12/h2-3,5-6,8-9,11,18,20-29,31-37H,4,7,10H2,1H3/t11-,18+,20-,21+,22+,23-,24+,25-,26-,27+/m0/s1. The van der Waals surface area contributed by atoms with Crippen molar-refractivity contribution in [2.24, 2.45) is 0 Å². The van der Waals surface area contributed by atoms with Crippen LogP contribution in [-0.2, 0) is 20.6 Å². The normalized spacial score (nSPS) is 33.8. The van der Waals surface area contributed by atoms with Gasteiger partial charge in [-0.2, -0.15) is 0 Å². The van der Waals surface area contributed by atoms with Gasteiger partial charge in [0, 0.05) is 18.6 Å². The SMILES string of the molecule is C[C@@H]1O[C@@H](O[C@@H]2[C@H](Oc3cc(O)c(C(=O)CCc4ccc(O)cc4)c(O)c3)O[C@H](CO)[C@@H](O)[C@@H]2O)[C@H](O)[C@H](O)[C@H]1O. The van der Waals surface area contributed by atoms with Gasteiger partial charge >= 0.3 is 0 Å². The third-order valence-corrected chi connectivity index (χ3v) is 7.10. The van der Waals surface area contributed by atoms with Crippen molar-refractivity contribution in [1.29, 1.82) is 0 Å². The molecular weight excluding hydrogens is 548 g/mol. The molecule has 226 valence electrons. The second kappa shape index (κ2) is 12.9. The smallest absolute Gasteiger partial charge is 0.229 e. The zero-order valence-electron chi connectivity index (χ0n) is 21.9. The Bertz CT molecular complexity index is 1170. The molecule has 0 radical (unpaired) electrons. The third kappa shape index (κ3) is 6.72. The third-order valence-electron chi connectivity index (χ3n) is 7.10. The molecule has 0 saturated carbocycles. The lowest BCUT2D eigenvalue weighted by molar-refractivity contribution is -0.354. The molecule has 2 aromatic carbocycles. The minimum absolute atomic E-state index is 0.0706. The number of carbonyl (C=O) groups excluding carboxylic acids is 1. The van der Waals surface area contributed by atoms with E-state index < -0.39 is 85.3 Å². The van der Waals surface area contributed by atoms with Gasteiger partial charge in [0.2, 0.25) is 6.29 Å². The van der Waals surface area contributed by atoms with E-state index in [-0.39, 0.29) is 29.9 Å². The van der Waals surface area contributed by atoms with Crippen LogP contribution in [0.3, 0.4) is 0 Å². The van der Waals surface area contributed by atoms with E-state index in [4.69, 9.17) is 18.9 Å². The lowest BCUT2D eigenvalue weighted by atomic mass is 9.97. The number of benzene rings is 2. The van der Waals surface area contributed by atoms with E-state index in [1.54, 1.807) is 12.1 Å². The van der Waals surface area contributed by atoms with Crippen LogP contribution in [0, 0.1) is 0 Å². The van der Waals surface area contributed by atoms with Gasteiger partial charge in [-0.15, -0.1) is 0 Å². The second-order valence-electron chi connectivity index (χ2n) is 10.0. The summed E-state index contributed by atoms with van der Waals surface area (Å²) >= 11 is 0. The van der Waals surface area contributed by atoms with Crippen molar-refractivity contribution in [2.45, 2.75) is 81.2 Å². The Hall–Kier alpha value is -3.05. The first-order valence-electron chi connectivity index (χ1n) is 12.9. The van der Waals surface area contributed by atoms with Crippen LogP contribution in [0.25, 0.3) is 0 Å². The molecule has 2 aromatic rings. The van der Waals surface area contributed by atoms with Gasteiger partial charge in [-0.3, -0.25) is 4.79 Å². The van der Waals surface area contributed by atoms with Gasteiger partial charge in [0.05, 0.1) is 12.7 Å². The Morgan fingerprint density at radius 3 is 2.07 bits per heavy atom. The number of phenolic OH excluding ortho intramolecular Hbond substituents is 3. The highest BCUT2D eigenvalue weighted by Crippen LogP contribution is 2.36. The predicted molar refractivity (Wildman–Crippen MR) is 136 cm³/mol. The van der Waals surface area contributed by atoms with Crippen LogP contribution >= 0.6 is 0 Å². The summed E-state index contributed by atoms with van der Waals surface area (Å²) in [5.74, 6) is -2.00.